The Bertz CT molecular complexity index is 731. The lowest BCUT2D eigenvalue weighted by Crippen LogP contribution is -1.96. The number of nitrogen functional groups attached to an aromatic ring is 1. The van der Waals surface area contributed by atoms with Crippen LogP contribution in [-0.2, 0) is 0 Å². The average molecular weight is 241 g/mol. The molecule has 3 aromatic rings. The van der Waals surface area contributed by atoms with Gasteiger partial charge in [0.05, 0.1) is 16.7 Å². The Labute approximate surface area is 104 Å². The molecule has 3 nitrogen and oxygen atoms in total. The van der Waals surface area contributed by atoms with Crippen molar-refractivity contribution >= 4 is 16.7 Å². The predicted molar refractivity (Wildman–Crippen MR) is 70.2 cm³/mol. The highest BCUT2D eigenvalue weighted by molar-refractivity contribution is 5.80. The molecule has 1 aromatic heterocycles. The highest BCUT2D eigenvalue weighted by Crippen LogP contribution is 2.22. The maximum atomic E-state index is 13.1. The molecule has 0 radical (unpaired) electrons. The number of aryl methyl sites for hydroxylation is 1. The van der Waals surface area contributed by atoms with E-state index in [2.05, 4.69) is 4.98 Å². The molecule has 0 fully saturated rings. The second kappa shape index (κ2) is 3.84. The van der Waals surface area contributed by atoms with Crippen LogP contribution < -0.4 is 5.73 Å². The average Bonchev–Trinajstić information content (AvgIpc) is 2.72. The summed E-state index contributed by atoms with van der Waals surface area (Å²) in [4.78, 5) is 4.31. The van der Waals surface area contributed by atoms with Crippen molar-refractivity contribution in [2.24, 2.45) is 0 Å². The van der Waals surface area contributed by atoms with Crippen LogP contribution in [0.25, 0.3) is 16.7 Å². The number of nitrogens with zero attached hydrogens (tertiary/aromatic N) is 2. The Morgan fingerprint density at radius 2 is 2.00 bits per heavy atom. The van der Waals surface area contributed by atoms with Gasteiger partial charge in [-0.05, 0) is 48.9 Å². The molecule has 90 valence electrons. The highest BCUT2D eigenvalue weighted by atomic mass is 19.1. The molecule has 2 N–H and O–H groups in total. The first kappa shape index (κ1) is 10.8. The number of rotatable bonds is 1. The first-order valence-electron chi connectivity index (χ1n) is 5.64. The second-order valence-corrected chi connectivity index (χ2v) is 4.29. The molecule has 2 aromatic carbocycles. The summed E-state index contributed by atoms with van der Waals surface area (Å²) in [6, 6.07) is 10.3. The Kier molecular flexibility index (Phi) is 2.30. The molecule has 0 unspecified atom stereocenters. The molecule has 0 aliphatic carbocycles. The summed E-state index contributed by atoms with van der Waals surface area (Å²) < 4.78 is 15.0. The Hall–Kier alpha value is -2.36. The van der Waals surface area contributed by atoms with Gasteiger partial charge in [0.25, 0.3) is 0 Å². The summed E-state index contributed by atoms with van der Waals surface area (Å²) in [7, 11) is 0. The van der Waals surface area contributed by atoms with Gasteiger partial charge in [0, 0.05) is 5.69 Å². The minimum atomic E-state index is -0.232. The Morgan fingerprint density at radius 3 is 2.78 bits per heavy atom. The number of anilines is 1. The summed E-state index contributed by atoms with van der Waals surface area (Å²) >= 11 is 0. The van der Waals surface area contributed by atoms with E-state index >= 15 is 0 Å². The standard InChI is InChI=1S/C14H12FN3/c1-9-6-10(15)2-4-13(9)18-8-17-12-7-11(16)3-5-14(12)18/h2-8H,16H2,1H3. The summed E-state index contributed by atoms with van der Waals surface area (Å²) in [5, 5.41) is 0. The van der Waals surface area contributed by atoms with Gasteiger partial charge in [-0.25, -0.2) is 9.37 Å². The lowest BCUT2D eigenvalue weighted by Gasteiger charge is -2.08. The van der Waals surface area contributed by atoms with Crippen LogP contribution in [0.4, 0.5) is 10.1 Å². The van der Waals surface area contributed by atoms with Gasteiger partial charge in [-0.1, -0.05) is 0 Å². The summed E-state index contributed by atoms with van der Waals surface area (Å²) in [6.07, 6.45) is 1.73. The van der Waals surface area contributed by atoms with E-state index in [1.807, 2.05) is 29.7 Å². The zero-order valence-corrected chi connectivity index (χ0v) is 9.89. The molecule has 18 heavy (non-hydrogen) atoms. The van der Waals surface area contributed by atoms with Gasteiger partial charge in [0.15, 0.2) is 0 Å². The van der Waals surface area contributed by atoms with Gasteiger partial charge in [-0.3, -0.25) is 4.57 Å². The number of nitrogens with two attached hydrogens (primary N) is 1. The van der Waals surface area contributed by atoms with Crippen LogP contribution in [0.2, 0.25) is 0 Å². The van der Waals surface area contributed by atoms with E-state index < -0.39 is 0 Å². The van der Waals surface area contributed by atoms with Gasteiger partial charge in [-0.15, -0.1) is 0 Å². The summed E-state index contributed by atoms with van der Waals surface area (Å²) in [5.41, 5.74) is 9.98. The molecule has 4 heteroatoms. The molecule has 0 bridgehead atoms. The highest BCUT2D eigenvalue weighted by Gasteiger charge is 2.07. The van der Waals surface area contributed by atoms with Crippen LogP contribution in [0.15, 0.2) is 42.7 Å². The molecule has 0 saturated carbocycles. The van der Waals surface area contributed by atoms with Crippen molar-refractivity contribution in [1.29, 1.82) is 0 Å². The third-order valence-corrected chi connectivity index (χ3v) is 2.99. The predicted octanol–water partition coefficient (Wildman–Crippen LogP) is 3.06. The van der Waals surface area contributed by atoms with Gasteiger partial charge in [-0.2, -0.15) is 0 Å². The van der Waals surface area contributed by atoms with Crippen molar-refractivity contribution in [2.75, 3.05) is 5.73 Å². The Morgan fingerprint density at radius 1 is 1.17 bits per heavy atom. The number of hydrogen-bond donors (Lipinski definition) is 1. The normalized spacial score (nSPS) is 11.0. The van der Waals surface area contributed by atoms with E-state index in [0.717, 1.165) is 22.3 Å². The zero-order chi connectivity index (χ0) is 12.7. The van der Waals surface area contributed by atoms with Crippen molar-refractivity contribution in [3.05, 3.63) is 54.1 Å². The van der Waals surface area contributed by atoms with Gasteiger partial charge < -0.3 is 5.73 Å². The number of fused-ring (bicyclic) bond motifs is 1. The number of halogens is 1. The van der Waals surface area contributed by atoms with Crippen LogP contribution in [-0.4, -0.2) is 9.55 Å². The van der Waals surface area contributed by atoms with Crippen molar-refractivity contribution in [3.8, 4) is 5.69 Å². The lowest BCUT2D eigenvalue weighted by atomic mass is 10.2. The van der Waals surface area contributed by atoms with E-state index in [1.54, 1.807) is 12.4 Å². The van der Waals surface area contributed by atoms with Crippen molar-refractivity contribution in [1.82, 2.24) is 9.55 Å². The Balaban J connectivity index is 2.25. The van der Waals surface area contributed by atoms with Crippen molar-refractivity contribution in [3.63, 3.8) is 0 Å². The molecule has 0 spiro atoms. The molecule has 0 aliphatic heterocycles. The molecule has 0 aliphatic rings. The molecule has 0 amide bonds. The third-order valence-electron chi connectivity index (χ3n) is 2.99. The molecular weight excluding hydrogens is 229 g/mol. The van der Waals surface area contributed by atoms with Gasteiger partial charge >= 0.3 is 0 Å². The number of imidazole rings is 1. The monoisotopic (exact) mass is 241 g/mol. The van der Waals surface area contributed by atoms with Gasteiger partial charge in [0.1, 0.15) is 12.1 Å². The van der Waals surface area contributed by atoms with Crippen LogP contribution in [0, 0.1) is 12.7 Å². The minimum absolute atomic E-state index is 0.232. The van der Waals surface area contributed by atoms with Crippen LogP contribution in [0.5, 0.6) is 0 Å². The summed E-state index contributed by atoms with van der Waals surface area (Å²) in [5.74, 6) is -0.232. The van der Waals surface area contributed by atoms with Crippen LogP contribution >= 0.6 is 0 Å². The quantitative estimate of drug-likeness (QED) is 0.665. The molecule has 0 atom stereocenters. The first-order chi connectivity index (χ1) is 8.65. The van der Waals surface area contributed by atoms with Crippen molar-refractivity contribution in [2.45, 2.75) is 6.92 Å². The van der Waals surface area contributed by atoms with E-state index in [-0.39, 0.29) is 5.82 Å². The fraction of sp³-hybridized carbons (Fsp3) is 0.0714. The van der Waals surface area contributed by atoms with E-state index in [0.29, 0.717) is 5.69 Å². The topological polar surface area (TPSA) is 43.8 Å². The number of hydrogen-bond acceptors (Lipinski definition) is 2. The largest absolute Gasteiger partial charge is 0.399 e. The SMILES string of the molecule is Cc1cc(F)ccc1-n1cnc2cc(N)ccc21. The number of benzene rings is 2. The maximum absolute atomic E-state index is 13.1. The number of aromatic nitrogens is 2. The maximum Gasteiger partial charge on any atom is 0.123 e. The fourth-order valence-corrected chi connectivity index (χ4v) is 2.11. The summed E-state index contributed by atoms with van der Waals surface area (Å²) in [6.45, 7) is 1.88. The van der Waals surface area contributed by atoms with E-state index in [1.165, 1.54) is 12.1 Å². The fourth-order valence-electron chi connectivity index (χ4n) is 2.11. The third kappa shape index (κ3) is 1.62. The van der Waals surface area contributed by atoms with Gasteiger partial charge in [0.2, 0.25) is 0 Å². The van der Waals surface area contributed by atoms with Crippen LogP contribution in [0.1, 0.15) is 5.56 Å². The van der Waals surface area contributed by atoms with Crippen LogP contribution in [0.3, 0.4) is 0 Å². The molecule has 1 heterocycles. The molecular formula is C14H12FN3. The minimum Gasteiger partial charge on any atom is -0.399 e. The smallest absolute Gasteiger partial charge is 0.123 e. The lowest BCUT2D eigenvalue weighted by molar-refractivity contribution is 0.626. The van der Waals surface area contributed by atoms with E-state index in [9.17, 15) is 4.39 Å². The second-order valence-electron chi connectivity index (χ2n) is 4.29. The first-order valence-corrected chi connectivity index (χ1v) is 5.64. The van der Waals surface area contributed by atoms with E-state index in [4.69, 9.17) is 5.73 Å². The molecule has 3 rings (SSSR count). The van der Waals surface area contributed by atoms with Crippen molar-refractivity contribution < 1.29 is 4.39 Å². The zero-order valence-electron chi connectivity index (χ0n) is 9.89. The molecule has 0 saturated heterocycles.